The van der Waals surface area contributed by atoms with E-state index in [4.69, 9.17) is 11.6 Å². The van der Waals surface area contributed by atoms with Gasteiger partial charge < -0.3 is 5.32 Å². The highest BCUT2D eigenvalue weighted by atomic mass is 79.9. The Kier molecular flexibility index (Phi) is 5.20. The van der Waals surface area contributed by atoms with E-state index in [2.05, 4.69) is 31.2 Å². The molecule has 0 radical (unpaired) electrons. The van der Waals surface area contributed by atoms with Gasteiger partial charge in [-0.15, -0.1) is 0 Å². The quantitative estimate of drug-likeness (QED) is 0.463. The number of anilines is 2. The standard InChI is InChI=1S/C18H12BrClF3N3/c1-10-13(19)6-3-7-14(10)24-16-9-15(20)25-17(26-16)11-4-2-5-12(8-11)18(21,22)23/h2-9H,1H3,(H,24,25,26). The third kappa shape index (κ3) is 4.16. The Morgan fingerprint density at radius 3 is 2.50 bits per heavy atom. The highest BCUT2D eigenvalue weighted by Crippen LogP contribution is 2.32. The number of alkyl halides is 3. The van der Waals surface area contributed by atoms with Crippen molar-refractivity contribution in [2.75, 3.05) is 5.32 Å². The summed E-state index contributed by atoms with van der Waals surface area (Å²) in [6.45, 7) is 1.92. The normalized spacial score (nSPS) is 11.5. The largest absolute Gasteiger partial charge is 0.416 e. The predicted octanol–water partition coefficient (Wildman–Crippen LogP) is 6.63. The van der Waals surface area contributed by atoms with Gasteiger partial charge in [-0.05, 0) is 36.8 Å². The van der Waals surface area contributed by atoms with E-state index in [1.165, 1.54) is 18.2 Å². The lowest BCUT2D eigenvalue weighted by Gasteiger charge is -2.12. The van der Waals surface area contributed by atoms with Gasteiger partial charge >= 0.3 is 6.18 Å². The number of hydrogen-bond acceptors (Lipinski definition) is 3. The molecule has 3 rings (SSSR count). The summed E-state index contributed by atoms with van der Waals surface area (Å²) in [7, 11) is 0. The van der Waals surface area contributed by atoms with E-state index in [0.717, 1.165) is 27.9 Å². The third-order valence-electron chi connectivity index (χ3n) is 3.67. The molecule has 3 nitrogen and oxygen atoms in total. The molecule has 26 heavy (non-hydrogen) atoms. The highest BCUT2D eigenvalue weighted by molar-refractivity contribution is 9.10. The Labute approximate surface area is 161 Å². The van der Waals surface area contributed by atoms with Crippen LogP contribution in [-0.4, -0.2) is 9.97 Å². The minimum Gasteiger partial charge on any atom is -0.340 e. The van der Waals surface area contributed by atoms with Crippen molar-refractivity contribution in [2.24, 2.45) is 0 Å². The zero-order valence-electron chi connectivity index (χ0n) is 13.4. The molecule has 0 saturated carbocycles. The monoisotopic (exact) mass is 441 g/mol. The van der Waals surface area contributed by atoms with Crippen LogP contribution in [0.15, 0.2) is 53.0 Å². The summed E-state index contributed by atoms with van der Waals surface area (Å²) < 4.78 is 39.7. The van der Waals surface area contributed by atoms with Gasteiger partial charge in [-0.2, -0.15) is 13.2 Å². The molecule has 0 aliphatic heterocycles. The number of hydrogen-bond donors (Lipinski definition) is 1. The number of halogens is 5. The van der Waals surface area contributed by atoms with Gasteiger partial charge in [0.2, 0.25) is 0 Å². The zero-order valence-corrected chi connectivity index (χ0v) is 15.7. The van der Waals surface area contributed by atoms with Gasteiger partial charge in [0.15, 0.2) is 5.82 Å². The molecular weight excluding hydrogens is 431 g/mol. The first kappa shape index (κ1) is 18.7. The van der Waals surface area contributed by atoms with Gasteiger partial charge in [-0.3, -0.25) is 0 Å². The summed E-state index contributed by atoms with van der Waals surface area (Å²) >= 11 is 9.49. The van der Waals surface area contributed by atoms with Crippen LogP contribution in [0.1, 0.15) is 11.1 Å². The van der Waals surface area contributed by atoms with Crippen LogP contribution in [0.5, 0.6) is 0 Å². The molecule has 1 N–H and O–H groups in total. The van der Waals surface area contributed by atoms with Gasteiger partial charge in [-0.1, -0.05) is 45.7 Å². The van der Waals surface area contributed by atoms with E-state index in [-0.39, 0.29) is 16.5 Å². The molecule has 2 aromatic carbocycles. The summed E-state index contributed by atoms with van der Waals surface area (Å²) in [5.74, 6) is 0.498. The Morgan fingerprint density at radius 2 is 1.77 bits per heavy atom. The topological polar surface area (TPSA) is 37.8 Å². The van der Waals surface area contributed by atoms with Crippen molar-refractivity contribution in [3.63, 3.8) is 0 Å². The van der Waals surface area contributed by atoms with Crippen LogP contribution in [0.25, 0.3) is 11.4 Å². The Bertz CT molecular complexity index is 961. The molecular formula is C18H12BrClF3N3. The summed E-state index contributed by atoms with van der Waals surface area (Å²) in [6.07, 6.45) is -4.44. The van der Waals surface area contributed by atoms with Crippen molar-refractivity contribution in [2.45, 2.75) is 13.1 Å². The number of nitrogens with zero attached hydrogens (tertiary/aromatic N) is 2. The van der Waals surface area contributed by atoms with Crippen LogP contribution in [0, 0.1) is 6.92 Å². The van der Waals surface area contributed by atoms with Crippen molar-refractivity contribution in [3.05, 3.63) is 69.3 Å². The fraction of sp³-hybridized carbons (Fsp3) is 0.111. The summed E-state index contributed by atoms with van der Waals surface area (Å²) in [5.41, 5.74) is 1.22. The van der Waals surface area contributed by atoms with E-state index in [1.807, 2.05) is 25.1 Å². The molecule has 0 amide bonds. The lowest BCUT2D eigenvalue weighted by molar-refractivity contribution is -0.137. The number of benzene rings is 2. The average Bonchev–Trinajstić information content (AvgIpc) is 2.58. The first-order chi connectivity index (χ1) is 12.2. The predicted molar refractivity (Wildman–Crippen MR) is 99.6 cm³/mol. The summed E-state index contributed by atoms with van der Waals surface area (Å²) in [4.78, 5) is 8.35. The molecule has 0 atom stereocenters. The van der Waals surface area contributed by atoms with Gasteiger partial charge in [0.25, 0.3) is 0 Å². The molecule has 0 fully saturated rings. The molecule has 0 aliphatic carbocycles. The fourth-order valence-corrected chi connectivity index (χ4v) is 2.88. The van der Waals surface area contributed by atoms with Crippen molar-refractivity contribution >= 4 is 39.0 Å². The molecule has 0 bridgehead atoms. The molecule has 8 heteroatoms. The third-order valence-corrected chi connectivity index (χ3v) is 4.73. The minimum atomic E-state index is -4.44. The second kappa shape index (κ2) is 7.25. The van der Waals surface area contributed by atoms with Crippen LogP contribution in [0.2, 0.25) is 5.15 Å². The molecule has 3 aromatic rings. The van der Waals surface area contributed by atoms with Crippen molar-refractivity contribution < 1.29 is 13.2 Å². The maximum Gasteiger partial charge on any atom is 0.416 e. The highest BCUT2D eigenvalue weighted by Gasteiger charge is 2.30. The van der Waals surface area contributed by atoms with Crippen LogP contribution in [0.4, 0.5) is 24.7 Å². The first-order valence-electron chi connectivity index (χ1n) is 7.48. The maximum absolute atomic E-state index is 12.9. The maximum atomic E-state index is 12.9. The van der Waals surface area contributed by atoms with Crippen molar-refractivity contribution in [1.29, 1.82) is 0 Å². The fourth-order valence-electron chi connectivity index (χ4n) is 2.33. The second-order valence-corrected chi connectivity index (χ2v) is 6.76. The van der Waals surface area contributed by atoms with Crippen LogP contribution >= 0.6 is 27.5 Å². The average molecular weight is 443 g/mol. The first-order valence-corrected chi connectivity index (χ1v) is 8.65. The number of rotatable bonds is 3. The van der Waals surface area contributed by atoms with E-state index in [9.17, 15) is 13.2 Å². The smallest absolute Gasteiger partial charge is 0.340 e. The molecule has 1 heterocycles. The van der Waals surface area contributed by atoms with Gasteiger partial charge in [0.1, 0.15) is 11.0 Å². The van der Waals surface area contributed by atoms with Gasteiger partial charge in [0.05, 0.1) is 5.56 Å². The van der Waals surface area contributed by atoms with Crippen LogP contribution < -0.4 is 5.32 Å². The lowest BCUT2D eigenvalue weighted by Crippen LogP contribution is -2.05. The van der Waals surface area contributed by atoms with Gasteiger partial charge in [0, 0.05) is 21.8 Å². The molecule has 0 aliphatic rings. The molecule has 0 spiro atoms. The van der Waals surface area contributed by atoms with Crippen molar-refractivity contribution in [1.82, 2.24) is 9.97 Å². The summed E-state index contributed by atoms with van der Waals surface area (Å²) in [5, 5.41) is 3.25. The van der Waals surface area contributed by atoms with E-state index in [1.54, 1.807) is 0 Å². The number of aromatic nitrogens is 2. The van der Waals surface area contributed by atoms with Crippen LogP contribution in [0.3, 0.4) is 0 Å². The number of nitrogens with one attached hydrogen (secondary N) is 1. The Balaban J connectivity index is 2.00. The van der Waals surface area contributed by atoms with E-state index < -0.39 is 11.7 Å². The summed E-state index contributed by atoms with van der Waals surface area (Å²) in [6, 6.07) is 12.0. The molecule has 0 unspecified atom stereocenters. The van der Waals surface area contributed by atoms with Crippen molar-refractivity contribution in [3.8, 4) is 11.4 Å². The SMILES string of the molecule is Cc1c(Br)cccc1Nc1cc(Cl)nc(-c2cccc(C(F)(F)F)c2)n1. The molecule has 0 saturated heterocycles. The van der Waals surface area contributed by atoms with Crippen LogP contribution in [-0.2, 0) is 6.18 Å². The van der Waals surface area contributed by atoms with E-state index in [0.29, 0.717) is 5.82 Å². The second-order valence-electron chi connectivity index (χ2n) is 5.52. The zero-order chi connectivity index (χ0) is 18.9. The molecule has 134 valence electrons. The van der Waals surface area contributed by atoms with E-state index >= 15 is 0 Å². The van der Waals surface area contributed by atoms with Gasteiger partial charge in [-0.25, -0.2) is 9.97 Å². The Hall–Kier alpha value is -2.12. The minimum absolute atomic E-state index is 0.110. The lowest BCUT2D eigenvalue weighted by atomic mass is 10.1. The molecule has 1 aromatic heterocycles. The Morgan fingerprint density at radius 1 is 1.04 bits per heavy atom.